The van der Waals surface area contributed by atoms with E-state index in [0.29, 0.717) is 11.6 Å². The monoisotopic (exact) mass is 335 g/mol. The van der Waals surface area contributed by atoms with E-state index in [1.54, 1.807) is 0 Å². The van der Waals surface area contributed by atoms with E-state index in [-0.39, 0.29) is 21.4 Å². The number of carboxylic acid groups (broad SMARTS) is 1. The van der Waals surface area contributed by atoms with Crippen LogP contribution in [0.5, 0.6) is 5.75 Å². The Morgan fingerprint density at radius 2 is 2.00 bits per heavy atom. The number of thioether (sulfide) groups is 1. The van der Waals surface area contributed by atoms with E-state index >= 15 is 0 Å². The summed E-state index contributed by atoms with van der Waals surface area (Å²) in [7, 11) is 1.42. The molecule has 0 spiro atoms. The highest BCUT2D eigenvalue weighted by atomic mass is 35.5. The van der Waals surface area contributed by atoms with E-state index in [0.717, 1.165) is 0 Å². The molecule has 20 heavy (non-hydrogen) atoms. The van der Waals surface area contributed by atoms with Gasteiger partial charge in [0.15, 0.2) is 5.75 Å². The second-order valence-corrected chi connectivity index (χ2v) is 5.92. The van der Waals surface area contributed by atoms with Crippen LogP contribution in [0.1, 0.15) is 10.4 Å². The van der Waals surface area contributed by atoms with E-state index in [1.807, 2.05) is 0 Å². The molecule has 1 atom stereocenters. The lowest BCUT2D eigenvalue weighted by Gasteiger charge is -2.21. The van der Waals surface area contributed by atoms with Crippen molar-refractivity contribution >= 4 is 46.8 Å². The molecule has 1 aliphatic rings. The van der Waals surface area contributed by atoms with Crippen molar-refractivity contribution in [3.8, 4) is 5.75 Å². The highest BCUT2D eigenvalue weighted by molar-refractivity contribution is 7.99. The fourth-order valence-electron chi connectivity index (χ4n) is 1.89. The number of halogens is 2. The molecule has 1 aromatic carbocycles. The molecule has 1 heterocycles. The molecule has 0 radical (unpaired) electrons. The lowest BCUT2D eigenvalue weighted by Crippen LogP contribution is -2.41. The minimum Gasteiger partial charge on any atom is -0.494 e. The first-order chi connectivity index (χ1) is 9.45. The van der Waals surface area contributed by atoms with Crippen molar-refractivity contribution in [2.75, 3.05) is 18.7 Å². The molecular weight excluding hydrogens is 325 g/mol. The van der Waals surface area contributed by atoms with Gasteiger partial charge < -0.3 is 14.7 Å². The minimum atomic E-state index is -1.02. The first-order valence-corrected chi connectivity index (χ1v) is 7.51. The van der Waals surface area contributed by atoms with Gasteiger partial charge in [-0.15, -0.1) is 11.8 Å². The van der Waals surface area contributed by atoms with Crippen molar-refractivity contribution in [3.63, 3.8) is 0 Å². The molecule has 1 aliphatic heterocycles. The maximum absolute atomic E-state index is 12.4. The number of benzene rings is 1. The summed E-state index contributed by atoms with van der Waals surface area (Å²) in [5, 5.41) is 9.51. The standard InChI is InChI=1S/C12H11Cl2NO4S/c1-19-10-7(13)2-6(3-8(10)14)11(16)15-5-20-4-9(15)12(17)18/h2-3,9H,4-5H2,1H3,(H,17,18). The molecule has 1 N–H and O–H groups in total. The number of carbonyl (C=O) groups is 2. The molecule has 108 valence electrons. The third-order valence-electron chi connectivity index (χ3n) is 2.88. The first-order valence-electron chi connectivity index (χ1n) is 5.60. The van der Waals surface area contributed by atoms with E-state index in [2.05, 4.69) is 0 Å². The maximum atomic E-state index is 12.4. The normalized spacial score (nSPS) is 18.1. The average Bonchev–Trinajstić information content (AvgIpc) is 2.86. The van der Waals surface area contributed by atoms with Gasteiger partial charge in [0.25, 0.3) is 5.91 Å². The predicted octanol–water partition coefficient (Wildman–Crippen LogP) is 2.60. The van der Waals surface area contributed by atoms with Gasteiger partial charge >= 0.3 is 5.97 Å². The summed E-state index contributed by atoms with van der Waals surface area (Å²) in [6.45, 7) is 0. The van der Waals surface area contributed by atoms with Crippen molar-refractivity contribution in [2.24, 2.45) is 0 Å². The molecular formula is C12H11Cl2NO4S. The van der Waals surface area contributed by atoms with Gasteiger partial charge in [0.05, 0.1) is 23.0 Å². The molecule has 5 nitrogen and oxygen atoms in total. The topological polar surface area (TPSA) is 66.8 Å². The van der Waals surface area contributed by atoms with E-state index in [1.165, 1.54) is 35.9 Å². The van der Waals surface area contributed by atoms with Crippen LogP contribution in [0.3, 0.4) is 0 Å². The number of amides is 1. The quantitative estimate of drug-likeness (QED) is 0.919. The number of nitrogens with zero attached hydrogens (tertiary/aromatic N) is 1. The minimum absolute atomic E-state index is 0.210. The fraction of sp³-hybridized carbons (Fsp3) is 0.333. The van der Waals surface area contributed by atoms with Crippen LogP contribution in [0.15, 0.2) is 12.1 Å². The highest BCUT2D eigenvalue weighted by Crippen LogP contribution is 2.35. The molecule has 1 amide bonds. The lowest BCUT2D eigenvalue weighted by molar-refractivity contribution is -0.140. The smallest absolute Gasteiger partial charge is 0.327 e. The Morgan fingerprint density at radius 1 is 1.40 bits per heavy atom. The highest BCUT2D eigenvalue weighted by Gasteiger charge is 2.35. The first kappa shape index (κ1) is 15.3. The second-order valence-electron chi connectivity index (χ2n) is 4.10. The zero-order chi connectivity index (χ0) is 14.9. The Hall–Kier alpha value is -1.11. The number of aliphatic carboxylic acids is 1. The number of carboxylic acids is 1. The molecule has 2 rings (SSSR count). The van der Waals surface area contributed by atoms with Crippen LogP contribution < -0.4 is 4.74 Å². The number of methoxy groups -OCH3 is 1. The molecule has 0 aliphatic carbocycles. The van der Waals surface area contributed by atoms with Crippen molar-refractivity contribution in [1.82, 2.24) is 4.90 Å². The van der Waals surface area contributed by atoms with Crippen LogP contribution in [-0.2, 0) is 4.79 Å². The van der Waals surface area contributed by atoms with Gasteiger partial charge in [0, 0.05) is 11.3 Å². The Morgan fingerprint density at radius 3 is 2.50 bits per heavy atom. The Bertz CT molecular complexity index is 543. The molecule has 1 unspecified atom stereocenters. The third kappa shape index (κ3) is 2.82. The van der Waals surface area contributed by atoms with Crippen LogP contribution in [0, 0.1) is 0 Å². The number of hydrogen-bond acceptors (Lipinski definition) is 4. The zero-order valence-corrected chi connectivity index (χ0v) is 12.8. The largest absolute Gasteiger partial charge is 0.494 e. The number of ether oxygens (including phenoxy) is 1. The predicted molar refractivity (Wildman–Crippen MR) is 77.9 cm³/mol. The lowest BCUT2D eigenvalue weighted by atomic mass is 10.1. The molecule has 8 heteroatoms. The van der Waals surface area contributed by atoms with Gasteiger partial charge in [0.1, 0.15) is 6.04 Å². The van der Waals surface area contributed by atoms with Gasteiger partial charge in [-0.05, 0) is 12.1 Å². The summed E-state index contributed by atoms with van der Waals surface area (Å²) >= 11 is 13.4. The Kier molecular flexibility index (Phi) is 4.67. The van der Waals surface area contributed by atoms with Gasteiger partial charge in [0.2, 0.25) is 0 Å². The molecule has 1 fully saturated rings. The van der Waals surface area contributed by atoms with E-state index in [9.17, 15) is 9.59 Å². The summed E-state index contributed by atoms with van der Waals surface area (Å²) in [6.07, 6.45) is 0. The molecule has 0 bridgehead atoms. The summed E-state index contributed by atoms with van der Waals surface area (Å²) in [6, 6.07) is 2.03. The molecule has 0 saturated carbocycles. The second kappa shape index (κ2) is 6.11. The maximum Gasteiger partial charge on any atom is 0.327 e. The summed E-state index contributed by atoms with van der Waals surface area (Å²) < 4.78 is 5.01. The average molecular weight is 336 g/mol. The van der Waals surface area contributed by atoms with E-state index in [4.69, 9.17) is 33.0 Å². The van der Waals surface area contributed by atoms with Crippen LogP contribution in [0.25, 0.3) is 0 Å². The van der Waals surface area contributed by atoms with Crippen LogP contribution >= 0.6 is 35.0 Å². The van der Waals surface area contributed by atoms with Crippen LogP contribution in [0.2, 0.25) is 10.0 Å². The van der Waals surface area contributed by atoms with Gasteiger partial charge in [-0.3, -0.25) is 4.79 Å². The van der Waals surface area contributed by atoms with Gasteiger partial charge in [-0.2, -0.15) is 0 Å². The Labute approximate surface area is 129 Å². The summed E-state index contributed by atoms with van der Waals surface area (Å²) in [5.41, 5.74) is 0.245. The zero-order valence-electron chi connectivity index (χ0n) is 10.4. The van der Waals surface area contributed by atoms with Crippen molar-refractivity contribution < 1.29 is 19.4 Å². The summed E-state index contributed by atoms with van der Waals surface area (Å²) in [5.74, 6) is -0.436. The van der Waals surface area contributed by atoms with Crippen molar-refractivity contribution in [2.45, 2.75) is 6.04 Å². The summed E-state index contributed by atoms with van der Waals surface area (Å²) in [4.78, 5) is 24.8. The SMILES string of the molecule is COc1c(Cl)cc(C(=O)N2CSCC2C(=O)O)cc1Cl. The third-order valence-corrected chi connectivity index (χ3v) is 4.45. The molecule has 1 aromatic rings. The van der Waals surface area contributed by atoms with Crippen LogP contribution in [0.4, 0.5) is 0 Å². The van der Waals surface area contributed by atoms with Crippen molar-refractivity contribution in [3.05, 3.63) is 27.7 Å². The molecule has 0 aromatic heterocycles. The number of carbonyl (C=O) groups excluding carboxylic acids is 1. The number of rotatable bonds is 3. The van der Waals surface area contributed by atoms with Gasteiger partial charge in [-0.1, -0.05) is 23.2 Å². The Balaban J connectivity index is 2.32. The van der Waals surface area contributed by atoms with E-state index < -0.39 is 17.9 Å². The number of hydrogen-bond donors (Lipinski definition) is 1. The molecule has 1 saturated heterocycles. The van der Waals surface area contributed by atoms with Gasteiger partial charge in [-0.25, -0.2) is 4.79 Å². The van der Waals surface area contributed by atoms with Crippen molar-refractivity contribution in [1.29, 1.82) is 0 Å². The fourth-order valence-corrected chi connectivity index (χ4v) is 3.68. The van der Waals surface area contributed by atoms with Crippen LogP contribution in [-0.4, -0.2) is 46.7 Å².